The van der Waals surface area contributed by atoms with Crippen molar-refractivity contribution in [3.63, 3.8) is 0 Å². The molecule has 0 unspecified atom stereocenters. The molecule has 0 aliphatic heterocycles. The minimum atomic E-state index is -0.470. The van der Waals surface area contributed by atoms with Crippen molar-refractivity contribution in [3.05, 3.63) is 131 Å². The number of carbonyl (C=O) groups excluding carboxylic acids is 1. The molecule has 0 atom stereocenters. The summed E-state index contributed by atoms with van der Waals surface area (Å²) < 4.78 is 0. The number of phenols is 2. The second-order valence-corrected chi connectivity index (χ2v) is 9.15. The largest absolute Gasteiger partial charge is 0.508 e. The summed E-state index contributed by atoms with van der Waals surface area (Å²) in [5.74, 6) is 0.492. The first-order valence-corrected chi connectivity index (χ1v) is 11.9. The van der Waals surface area contributed by atoms with Gasteiger partial charge < -0.3 is 15.1 Å². The van der Waals surface area contributed by atoms with Gasteiger partial charge in [0, 0.05) is 24.9 Å². The van der Waals surface area contributed by atoms with E-state index in [1.54, 1.807) is 24.3 Å². The van der Waals surface area contributed by atoms with E-state index in [4.69, 9.17) is 0 Å². The molecule has 0 spiro atoms. The van der Waals surface area contributed by atoms with Crippen LogP contribution in [0.4, 0.5) is 0 Å². The first-order valence-electron chi connectivity index (χ1n) is 11.9. The predicted molar refractivity (Wildman–Crippen MR) is 139 cm³/mol. The lowest BCUT2D eigenvalue weighted by atomic mass is 9.73. The Balaban J connectivity index is 1.59. The number of phenolic OH excluding ortho intramolecular Hbond substituents is 2. The second kappa shape index (κ2) is 10.9. The first-order chi connectivity index (χ1) is 16.9. The molecule has 4 heteroatoms. The number of benzene rings is 4. The molecule has 0 bridgehead atoms. The molecule has 1 amide bonds. The van der Waals surface area contributed by atoms with Gasteiger partial charge in [0.05, 0.1) is 0 Å². The third kappa shape index (κ3) is 6.10. The van der Waals surface area contributed by atoms with Crippen LogP contribution in [0.25, 0.3) is 0 Å². The van der Waals surface area contributed by atoms with Gasteiger partial charge in [-0.25, -0.2) is 0 Å². The van der Waals surface area contributed by atoms with E-state index in [2.05, 4.69) is 6.92 Å². The number of nitrogens with zero attached hydrogens (tertiary/aromatic N) is 1. The minimum absolute atomic E-state index is 0.0847. The zero-order chi connectivity index (χ0) is 24.7. The highest BCUT2D eigenvalue weighted by atomic mass is 16.3. The summed E-state index contributed by atoms with van der Waals surface area (Å²) in [6.45, 7) is 3.20. The van der Waals surface area contributed by atoms with Crippen molar-refractivity contribution in [1.82, 2.24) is 4.90 Å². The van der Waals surface area contributed by atoms with Crippen LogP contribution >= 0.6 is 0 Å². The van der Waals surface area contributed by atoms with E-state index >= 15 is 0 Å². The lowest BCUT2D eigenvalue weighted by Crippen LogP contribution is -2.32. The summed E-state index contributed by atoms with van der Waals surface area (Å²) >= 11 is 0. The average molecular weight is 466 g/mol. The molecule has 0 aliphatic carbocycles. The molecule has 0 saturated heterocycles. The maximum Gasteiger partial charge on any atom is 0.223 e. The van der Waals surface area contributed by atoms with Crippen molar-refractivity contribution in [2.45, 2.75) is 38.3 Å². The fourth-order valence-electron chi connectivity index (χ4n) is 4.47. The maximum atomic E-state index is 13.6. The normalized spacial score (nSPS) is 11.2. The molecule has 0 saturated carbocycles. The number of rotatable bonds is 9. The molecule has 0 aromatic heterocycles. The van der Waals surface area contributed by atoms with Crippen LogP contribution in [-0.4, -0.2) is 21.0 Å². The molecule has 4 aromatic carbocycles. The van der Waals surface area contributed by atoms with Crippen LogP contribution in [0.1, 0.15) is 42.0 Å². The van der Waals surface area contributed by atoms with Gasteiger partial charge >= 0.3 is 0 Å². The van der Waals surface area contributed by atoms with Gasteiger partial charge in [-0.05, 0) is 52.9 Å². The second-order valence-electron chi connectivity index (χ2n) is 9.15. The summed E-state index contributed by atoms with van der Waals surface area (Å²) in [5, 5.41) is 19.6. The van der Waals surface area contributed by atoms with Crippen LogP contribution in [0.15, 0.2) is 109 Å². The molecule has 4 nitrogen and oxygen atoms in total. The Morgan fingerprint density at radius 2 is 1.06 bits per heavy atom. The van der Waals surface area contributed by atoms with E-state index in [1.807, 2.05) is 89.8 Å². The lowest BCUT2D eigenvalue weighted by Gasteiger charge is -2.32. The van der Waals surface area contributed by atoms with Gasteiger partial charge in [-0.3, -0.25) is 4.79 Å². The van der Waals surface area contributed by atoms with E-state index in [9.17, 15) is 15.0 Å². The summed E-state index contributed by atoms with van der Waals surface area (Å²) in [7, 11) is 0. The molecule has 2 N–H and O–H groups in total. The summed E-state index contributed by atoms with van der Waals surface area (Å²) in [6, 6.07) is 34.4. The van der Waals surface area contributed by atoms with E-state index < -0.39 is 5.41 Å². The quantitative estimate of drug-likeness (QED) is 0.300. The SMILES string of the molecule is CC(CCC(=O)N(Cc1ccccc1)Cc1ccccc1)(c1ccc(O)cc1)c1ccc(O)cc1. The zero-order valence-corrected chi connectivity index (χ0v) is 20.0. The van der Waals surface area contributed by atoms with Crippen LogP contribution in [0, 0.1) is 0 Å². The van der Waals surface area contributed by atoms with E-state index in [0.29, 0.717) is 25.9 Å². The van der Waals surface area contributed by atoms with Gasteiger partial charge in [0.2, 0.25) is 5.91 Å². The highest BCUT2D eigenvalue weighted by Gasteiger charge is 2.30. The molecule has 0 radical (unpaired) electrons. The number of carbonyl (C=O) groups is 1. The van der Waals surface area contributed by atoms with Gasteiger partial charge in [-0.1, -0.05) is 91.9 Å². The van der Waals surface area contributed by atoms with Crippen molar-refractivity contribution in [3.8, 4) is 11.5 Å². The third-order valence-electron chi connectivity index (χ3n) is 6.63. The monoisotopic (exact) mass is 465 g/mol. The van der Waals surface area contributed by atoms with Crippen molar-refractivity contribution in [2.75, 3.05) is 0 Å². The first kappa shape index (κ1) is 24.1. The standard InChI is InChI=1S/C31H31NO3/c1-31(26-12-16-28(33)17-13-26,27-14-18-29(34)19-15-27)21-20-30(35)32(22-24-8-4-2-5-9-24)23-25-10-6-3-7-11-25/h2-19,33-34H,20-23H2,1H3. The van der Waals surface area contributed by atoms with Crippen LogP contribution in [0.2, 0.25) is 0 Å². The van der Waals surface area contributed by atoms with Gasteiger partial charge in [0.1, 0.15) is 11.5 Å². The van der Waals surface area contributed by atoms with Crippen molar-refractivity contribution < 1.29 is 15.0 Å². The minimum Gasteiger partial charge on any atom is -0.508 e. The Morgan fingerprint density at radius 3 is 1.46 bits per heavy atom. The fourth-order valence-corrected chi connectivity index (χ4v) is 4.47. The molecular formula is C31H31NO3. The Hall–Kier alpha value is -4.05. The van der Waals surface area contributed by atoms with Crippen LogP contribution < -0.4 is 0 Å². The molecule has 4 aromatic rings. The molecule has 0 aliphatic rings. The highest BCUT2D eigenvalue weighted by Crippen LogP contribution is 2.38. The number of amides is 1. The highest BCUT2D eigenvalue weighted by molar-refractivity contribution is 5.76. The molecule has 0 fully saturated rings. The molecule has 0 heterocycles. The van der Waals surface area contributed by atoms with E-state index in [0.717, 1.165) is 22.3 Å². The molecular weight excluding hydrogens is 434 g/mol. The Morgan fingerprint density at radius 1 is 0.657 bits per heavy atom. The summed E-state index contributed by atoms with van der Waals surface area (Å²) in [4.78, 5) is 15.5. The number of hydrogen-bond donors (Lipinski definition) is 2. The molecule has 35 heavy (non-hydrogen) atoms. The lowest BCUT2D eigenvalue weighted by molar-refractivity contribution is -0.132. The van der Waals surface area contributed by atoms with Crippen LogP contribution in [-0.2, 0) is 23.3 Å². The summed E-state index contributed by atoms with van der Waals surface area (Å²) in [5.41, 5.74) is 3.73. The van der Waals surface area contributed by atoms with Crippen LogP contribution in [0.3, 0.4) is 0 Å². The summed E-state index contributed by atoms with van der Waals surface area (Å²) in [6.07, 6.45) is 0.944. The van der Waals surface area contributed by atoms with Gasteiger partial charge in [-0.15, -0.1) is 0 Å². The Bertz CT molecular complexity index is 1130. The smallest absolute Gasteiger partial charge is 0.223 e. The zero-order valence-electron chi connectivity index (χ0n) is 20.0. The van der Waals surface area contributed by atoms with Crippen LogP contribution in [0.5, 0.6) is 11.5 Å². The fraction of sp³-hybridized carbons (Fsp3) is 0.194. The third-order valence-corrected chi connectivity index (χ3v) is 6.63. The average Bonchev–Trinajstić information content (AvgIpc) is 2.89. The number of hydrogen-bond acceptors (Lipinski definition) is 3. The maximum absolute atomic E-state index is 13.6. The number of aromatic hydroxyl groups is 2. The van der Waals surface area contributed by atoms with Gasteiger partial charge in [0.15, 0.2) is 0 Å². The van der Waals surface area contributed by atoms with Crippen molar-refractivity contribution in [2.24, 2.45) is 0 Å². The van der Waals surface area contributed by atoms with E-state index in [-0.39, 0.29) is 17.4 Å². The van der Waals surface area contributed by atoms with Crippen molar-refractivity contribution in [1.29, 1.82) is 0 Å². The van der Waals surface area contributed by atoms with Gasteiger partial charge in [-0.2, -0.15) is 0 Å². The molecule has 178 valence electrons. The Kier molecular flexibility index (Phi) is 7.51. The van der Waals surface area contributed by atoms with E-state index in [1.165, 1.54) is 0 Å². The van der Waals surface area contributed by atoms with Gasteiger partial charge in [0.25, 0.3) is 0 Å². The molecule has 4 rings (SSSR count). The topological polar surface area (TPSA) is 60.8 Å². The Labute approximate surface area is 207 Å². The predicted octanol–water partition coefficient (Wildman–Crippen LogP) is 6.41. The van der Waals surface area contributed by atoms with Crippen molar-refractivity contribution >= 4 is 5.91 Å².